The molecule has 0 unspecified atom stereocenters. The molecular weight excluding hydrogens is 280 g/mol. The van der Waals surface area contributed by atoms with Gasteiger partial charge in [0.2, 0.25) is 5.91 Å². The van der Waals surface area contributed by atoms with E-state index in [4.69, 9.17) is 4.74 Å². The maximum absolute atomic E-state index is 12.2. The molecule has 6 nitrogen and oxygen atoms in total. The third-order valence-corrected chi connectivity index (χ3v) is 6.25. The molecule has 0 aromatic rings. The van der Waals surface area contributed by atoms with Gasteiger partial charge in [-0.2, -0.15) is 0 Å². The second-order valence-corrected chi connectivity index (χ2v) is 8.71. The highest BCUT2D eigenvalue weighted by Crippen LogP contribution is 2.28. The summed E-state index contributed by atoms with van der Waals surface area (Å²) < 4.78 is 27.2. The van der Waals surface area contributed by atoms with Crippen LogP contribution in [0.5, 0.6) is 0 Å². The first-order valence-electron chi connectivity index (χ1n) is 6.82. The van der Waals surface area contributed by atoms with Crippen molar-refractivity contribution in [2.75, 3.05) is 39.6 Å². The summed E-state index contributed by atoms with van der Waals surface area (Å²) in [5, 5.41) is 6.07. The number of amides is 1. The predicted molar refractivity (Wildman–Crippen MR) is 78.3 cm³/mol. The Bertz CT molecular complexity index is 434. The largest absolute Gasteiger partial charge is 0.384 e. The molecule has 2 N–H and O–H groups in total. The van der Waals surface area contributed by atoms with Crippen LogP contribution in [-0.2, 0) is 19.4 Å². The quantitative estimate of drug-likeness (QED) is 0.718. The third kappa shape index (κ3) is 3.93. The fraction of sp³-hybridized carbons (Fsp3) is 0.923. The molecular formula is C13H26N2O4S. The van der Waals surface area contributed by atoms with Crippen LogP contribution in [0.4, 0.5) is 0 Å². The summed E-state index contributed by atoms with van der Waals surface area (Å²) in [6.45, 7) is 5.64. The van der Waals surface area contributed by atoms with Crippen molar-refractivity contribution in [1.29, 1.82) is 0 Å². The van der Waals surface area contributed by atoms with Gasteiger partial charge in [-0.15, -0.1) is 0 Å². The average Bonchev–Trinajstić information content (AvgIpc) is 2.36. The van der Waals surface area contributed by atoms with Crippen molar-refractivity contribution in [3.05, 3.63) is 0 Å². The van der Waals surface area contributed by atoms with Gasteiger partial charge < -0.3 is 15.4 Å². The molecule has 0 saturated carbocycles. The molecule has 1 fully saturated rings. The lowest BCUT2D eigenvalue weighted by Crippen LogP contribution is -2.53. The molecule has 20 heavy (non-hydrogen) atoms. The van der Waals surface area contributed by atoms with Gasteiger partial charge in [0.15, 0.2) is 9.84 Å². The lowest BCUT2D eigenvalue weighted by atomic mass is 9.79. The van der Waals surface area contributed by atoms with Crippen molar-refractivity contribution >= 4 is 15.7 Å². The van der Waals surface area contributed by atoms with Crippen molar-refractivity contribution in [2.24, 2.45) is 5.41 Å². The van der Waals surface area contributed by atoms with Gasteiger partial charge in [0.1, 0.15) is 4.75 Å². The minimum atomic E-state index is -3.44. The van der Waals surface area contributed by atoms with Gasteiger partial charge in [-0.1, -0.05) is 0 Å². The number of nitrogens with one attached hydrogen (secondary N) is 2. The number of hydrogen-bond donors (Lipinski definition) is 2. The summed E-state index contributed by atoms with van der Waals surface area (Å²) >= 11 is 0. The van der Waals surface area contributed by atoms with Crippen LogP contribution < -0.4 is 10.6 Å². The van der Waals surface area contributed by atoms with E-state index in [2.05, 4.69) is 10.6 Å². The van der Waals surface area contributed by atoms with Crippen LogP contribution in [0.2, 0.25) is 0 Å². The van der Waals surface area contributed by atoms with E-state index in [9.17, 15) is 13.2 Å². The number of sulfone groups is 1. The number of methoxy groups -OCH3 is 1. The Morgan fingerprint density at radius 2 is 1.90 bits per heavy atom. The average molecular weight is 306 g/mol. The zero-order valence-electron chi connectivity index (χ0n) is 12.8. The molecule has 0 spiro atoms. The molecule has 1 heterocycles. The Morgan fingerprint density at radius 1 is 1.35 bits per heavy atom. The standard InChI is InChI=1S/C13H26N2O4S/c1-12(2,20(4,17)18)11(16)15-9-13(10-19-3)5-7-14-8-6-13/h14H,5-10H2,1-4H3,(H,15,16). The fourth-order valence-electron chi connectivity index (χ4n) is 2.28. The molecule has 1 saturated heterocycles. The summed E-state index contributed by atoms with van der Waals surface area (Å²) in [5.74, 6) is -0.450. The molecule has 1 aliphatic rings. The Morgan fingerprint density at radius 3 is 2.35 bits per heavy atom. The van der Waals surface area contributed by atoms with Crippen LogP contribution in [0, 0.1) is 5.41 Å². The van der Waals surface area contributed by atoms with E-state index in [1.54, 1.807) is 7.11 Å². The van der Waals surface area contributed by atoms with Gasteiger partial charge in [0.05, 0.1) is 6.61 Å². The summed E-state index contributed by atoms with van der Waals surface area (Å²) in [4.78, 5) is 12.2. The maximum atomic E-state index is 12.2. The Hall–Kier alpha value is -0.660. The summed E-state index contributed by atoms with van der Waals surface area (Å²) in [6, 6.07) is 0. The molecule has 0 atom stereocenters. The summed E-state index contributed by atoms with van der Waals surface area (Å²) in [7, 11) is -1.80. The van der Waals surface area contributed by atoms with Crippen LogP contribution in [0.25, 0.3) is 0 Å². The minimum absolute atomic E-state index is 0.108. The highest BCUT2D eigenvalue weighted by atomic mass is 32.2. The van der Waals surface area contributed by atoms with Crippen molar-refractivity contribution in [3.8, 4) is 0 Å². The molecule has 1 rings (SSSR count). The molecule has 0 aromatic heterocycles. The van der Waals surface area contributed by atoms with Crippen molar-refractivity contribution < 1.29 is 17.9 Å². The Labute approximate surface area is 121 Å². The van der Waals surface area contributed by atoms with Crippen LogP contribution >= 0.6 is 0 Å². The predicted octanol–water partition coefficient (Wildman–Crippen LogP) is -0.0580. The number of piperidine rings is 1. The first-order valence-corrected chi connectivity index (χ1v) is 8.71. The number of carbonyl (C=O) groups excluding carboxylic acids is 1. The van der Waals surface area contributed by atoms with Crippen LogP contribution in [0.15, 0.2) is 0 Å². The lowest BCUT2D eigenvalue weighted by Gasteiger charge is -2.37. The molecule has 0 aromatic carbocycles. The molecule has 1 aliphatic heterocycles. The molecule has 1 amide bonds. The van der Waals surface area contributed by atoms with Crippen LogP contribution in [0.1, 0.15) is 26.7 Å². The van der Waals surface area contributed by atoms with E-state index in [1.165, 1.54) is 13.8 Å². The van der Waals surface area contributed by atoms with Gasteiger partial charge >= 0.3 is 0 Å². The molecule has 0 aliphatic carbocycles. The molecule has 0 radical (unpaired) electrons. The third-order valence-electron chi connectivity index (χ3n) is 4.21. The van der Waals surface area contributed by atoms with E-state index in [0.29, 0.717) is 13.2 Å². The smallest absolute Gasteiger partial charge is 0.240 e. The van der Waals surface area contributed by atoms with Crippen LogP contribution in [0.3, 0.4) is 0 Å². The number of rotatable bonds is 6. The van der Waals surface area contributed by atoms with E-state index < -0.39 is 20.5 Å². The number of carbonyl (C=O) groups is 1. The SMILES string of the molecule is COCC1(CNC(=O)C(C)(C)S(C)(=O)=O)CCNCC1. The van der Waals surface area contributed by atoms with E-state index in [-0.39, 0.29) is 5.41 Å². The second-order valence-electron chi connectivity index (χ2n) is 6.15. The van der Waals surface area contributed by atoms with Crippen molar-refractivity contribution in [3.63, 3.8) is 0 Å². The fourth-order valence-corrected chi connectivity index (χ4v) is 2.69. The van der Waals surface area contributed by atoms with Crippen molar-refractivity contribution in [2.45, 2.75) is 31.4 Å². The zero-order valence-corrected chi connectivity index (χ0v) is 13.6. The first-order chi connectivity index (χ1) is 9.15. The van der Waals surface area contributed by atoms with E-state index in [0.717, 1.165) is 32.2 Å². The first kappa shape index (κ1) is 17.4. The second kappa shape index (κ2) is 6.41. The van der Waals surface area contributed by atoms with Gasteiger partial charge in [0, 0.05) is 25.3 Å². The summed E-state index contributed by atoms with van der Waals surface area (Å²) in [5.41, 5.74) is -0.108. The highest BCUT2D eigenvalue weighted by Gasteiger charge is 2.40. The Balaban J connectivity index is 2.71. The number of hydrogen-bond acceptors (Lipinski definition) is 5. The maximum Gasteiger partial charge on any atom is 0.240 e. The molecule has 0 bridgehead atoms. The lowest BCUT2D eigenvalue weighted by molar-refractivity contribution is -0.123. The van der Waals surface area contributed by atoms with Gasteiger partial charge in [-0.3, -0.25) is 4.79 Å². The van der Waals surface area contributed by atoms with Crippen molar-refractivity contribution in [1.82, 2.24) is 10.6 Å². The number of ether oxygens (including phenoxy) is 1. The van der Waals surface area contributed by atoms with Crippen LogP contribution in [-0.4, -0.2) is 58.7 Å². The molecule has 7 heteroatoms. The van der Waals surface area contributed by atoms with Gasteiger partial charge in [0.25, 0.3) is 0 Å². The topological polar surface area (TPSA) is 84.5 Å². The summed E-state index contributed by atoms with van der Waals surface area (Å²) in [6.07, 6.45) is 2.89. The highest BCUT2D eigenvalue weighted by molar-refractivity contribution is 7.92. The minimum Gasteiger partial charge on any atom is -0.384 e. The van der Waals surface area contributed by atoms with Gasteiger partial charge in [-0.05, 0) is 39.8 Å². The normalized spacial score (nSPS) is 19.6. The van der Waals surface area contributed by atoms with E-state index >= 15 is 0 Å². The monoisotopic (exact) mass is 306 g/mol. The molecule has 118 valence electrons. The zero-order chi connectivity index (χ0) is 15.4. The van der Waals surface area contributed by atoms with E-state index in [1.807, 2.05) is 0 Å². The Kier molecular flexibility index (Phi) is 5.57. The van der Waals surface area contributed by atoms with Gasteiger partial charge in [-0.25, -0.2) is 8.42 Å².